The molecule has 0 unspecified atom stereocenters. The molecule has 0 amide bonds. The third kappa shape index (κ3) is 3.80. The first-order valence-electron chi connectivity index (χ1n) is 6.61. The maximum Gasteiger partial charge on any atom is 0.219 e. The van der Waals surface area contributed by atoms with Crippen molar-refractivity contribution >= 4 is 0 Å². The van der Waals surface area contributed by atoms with E-state index < -0.39 is 0 Å². The topological polar surface area (TPSA) is 34.1 Å². The molecule has 0 aliphatic rings. The van der Waals surface area contributed by atoms with Gasteiger partial charge in [-0.3, -0.25) is 0 Å². The second-order valence-corrected chi connectivity index (χ2v) is 4.59. The molecule has 2 aromatic rings. The Hall–Kier alpha value is -1.87. The molecular formula is C16H20N2O. The Morgan fingerprint density at radius 2 is 2.00 bits per heavy atom. The highest BCUT2D eigenvalue weighted by atomic mass is 16.5. The smallest absolute Gasteiger partial charge is 0.219 e. The first-order chi connectivity index (χ1) is 9.19. The lowest BCUT2D eigenvalue weighted by Gasteiger charge is -2.09. The van der Waals surface area contributed by atoms with Gasteiger partial charge in [-0.05, 0) is 43.7 Å². The number of aromatic nitrogens is 1. The van der Waals surface area contributed by atoms with Gasteiger partial charge in [0.15, 0.2) is 0 Å². The minimum Gasteiger partial charge on any atom is -0.439 e. The van der Waals surface area contributed by atoms with Gasteiger partial charge < -0.3 is 10.1 Å². The van der Waals surface area contributed by atoms with E-state index in [0.29, 0.717) is 5.88 Å². The average molecular weight is 256 g/mol. The Morgan fingerprint density at radius 1 is 1.16 bits per heavy atom. The number of nitrogens with zero attached hydrogens (tertiary/aromatic N) is 1. The molecule has 0 fully saturated rings. The van der Waals surface area contributed by atoms with Crippen LogP contribution in [0.5, 0.6) is 11.6 Å². The van der Waals surface area contributed by atoms with E-state index in [1.807, 2.05) is 44.2 Å². The number of pyridine rings is 1. The molecular weight excluding hydrogens is 236 g/mol. The van der Waals surface area contributed by atoms with E-state index in [9.17, 15) is 0 Å². The minimum absolute atomic E-state index is 0.642. The van der Waals surface area contributed by atoms with Crippen LogP contribution in [-0.2, 0) is 6.54 Å². The first kappa shape index (κ1) is 13.6. The Morgan fingerprint density at radius 3 is 2.68 bits per heavy atom. The van der Waals surface area contributed by atoms with Crippen molar-refractivity contribution in [1.82, 2.24) is 10.3 Å². The monoisotopic (exact) mass is 256 g/mol. The molecule has 0 spiro atoms. The quantitative estimate of drug-likeness (QED) is 0.887. The third-order valence-electron chi connectivity index (χ3n) is 2.95. The SMILES string of the molecule is CCNCc1ccc(Oc2cccc(C)c2)nc1C. The van der Waals surface area contributed by atoms with Crippen LogP contribution in [0.25, 0.3) is 0 Å². The van der Waals surface area contributed by atoms with Crippen LogP contribution >= 0.6 is 0 Å². The van der Waals surface area contributed by atoms with Crippen LogP contribution in [0.1, 0.15) is 23.7 Å². The van der Waals surface area contributed by atoms with Gasteiger partial charge in [0.1, 0.15) is 5.75 Å². The number of hydrogen-bond acceptors (Lipinski definition) is 3. The zero-order chi connectivity index (χ0) is 13.7. The second kappa shape index (κ2) is 6.34. The van der Waals surface area contributed by atoms with Crippen molar-refractivity contribution in [2.45, 2.75) is 27.3 Å². The molecule has 0 radical (unpaired) electrons. The van der Waals surface area contributed by atoms with Crippen molar-refractivity contribution in [3.05, 3.63) is 53.2 Å². The molecule has 0 atom stereocenters. The van der Waals surface area contributed by atoms with Crippen LogP contribution in [0.4, 0.5) is 0 Å². The molecule has 0 bridgehead atoms. The number of nitrogens with one attached hydrogen (secondary N) is 1. The number of ether oxygens (including phenoxy) is 1. The summed E-state index contributed by atoms with van der Waals surface area (Å²) in [5.41, 5.74) is 3.39. The van der Waals surface area contributed by atoms with Crippen LogP contribution < -0.4 is 10.1 Å². The van der Waals surface area contributed by atoms with Crippen molar-refractivity contribution in [2.75, 3.05) is 6.54 Å². The van der Waals surface area contributed by atoms with Crippen molar-refractivity contribution in [1.29, 1.82) is 0 Å². The lowest BCUT2D eigenvalue weighted by molar-refractivity contribution is 0.460. The lowest BCUT2D eigenvalue weighted by Crippen LogP contribution is -2.13. The van der Waals surface area contributed by atoms with Gasteiger partial charge in [0.2, 0.25) is 5.88 Å². The van der Waals surface area contributed by atoms with Crippen molar-refractivity contribution in [3.8, 4) is 11.6 Å². The zero-order valence-electron chi connectivity index (χ0n) is 11.7. The summed E-state index contributed by atoms with van der Waals surface area (Å²) in [6.45, 7) is 7.96. The summed E-state index contributed by atoms with van der Waals surface area (Å²) < 4.78 is 5.77. The summed E-state index contributed by atoms with van der Waals surface area (Å²) in [6.07, 6.45) is 0. The predicted molar refractivity (Wildman–Crippen MR) is 77.6 cm³/mol. The van der Waals surface area contributed by atoms with Crippen molar-refractivity contribution in [2.24, 2.45) is 0 Å². The summed E-state index contributed by atoms with van der Waals surface area (Å²) in [4.78, 5) is 4.49. The Bertz CT molecular complexity index is 552. The molecule has 3 nitrogen and oxygen atoms in total. The van der Waals surface area contributed by atoms with E-state index in [-0.39, 0.29) is 0 Å². The Kier molecular flexibility index (Phi) is 4.53. The van der Waals surface area contributed by atoms with Gasteiger partial charge >= 0.3 is 0 Å². The molecule has 1 aromatic carbocycles. The number of aryl methyl sites for hydroxylation is 2. The molecule has 100 valence electrons. The van der Waals surface area contributed by atoms with E-state index in [1.165, 1.54) is 11.1 Å². The maximum atomic E-state index is 5.77. The zero-order valence-corrected chi connectivity index (χ0v) is 11.7. The molecule has 19 heavy (non-hydrogen) atoms. The fourth-order valence-electron chi connectivity index (χ4n) is 1.87. The van der Waals surface area contributed by atoms with Crippen LogP contribution in [-0.4, -0.2) is 11.5 Å². The van der Waals surface area contributed by atoms with Crippen molar-refractivity contribution in [3.63, 3.8) is 0 Å². The summed E-state index contributed by atoms with van der Waals surface area (Å²) >= 11 is 0. The molecule has 0 aliphatic carbocycles. The molecule has 1 aromatic heterocycles. The van der Waals surface area contributed by atoms with E-state index in [2.05, 4.69) is 23.3 Å². The summed E-state index contributed by atoms with van der Waals surface area (Å²) in [6, 6.07) is 12.0. The maximum absolute atomic E-state index is 5.77. The fourth-order valence-corrected chi connectivity index (χ4v) is 1.87. The van der Waals surface area contributed by atoms with Crippen LogP contribution in [0, 0.1) is 13.8 Å². The van der Waals surface area contributed by atoms with Gasteiger partial charge in [-0.1, -0.05) is 25.1 Å². The molecule has 2 rings (SSSR count). The molecule has 3 heteroatoms. The predicted octanol–water partition coefficient (Wildman–Crippen LogP) is 3.60. The number of benzene rings is 1. The van der Waals surface area contributed by atoms with E-state index in [0.717, 1.165) is 24.5 Å². The Balaban J connectivity index is 2.11. The third-order valence-corrected chi connectivity index (χ3v) is 2.95. The average Bonchev–Trinajstić information content (AvgIpc) is 2.38. The summed E-state index contributed by atoms with van der Waals surface area (Å²) in [7, 11) is 0. The second-order valence-electron chi connectivity index (χ2n) is 4.59. The van der Waals surface area contributed by atoms with E-state index in [1.54, 1.807) is 0 Å². The van der Waals surface area contributed by atoms with E-state index in [4.69, 9.17) is 4.74 Å². The number of hydrogen-bond donors (Lipinski definition) is 1. The highest BCUT2D eigenvalue weighted by Gasteiger charge is 2.03. The molecule has 1 N–H and O–H groups in total. The largest absolute Gasteiger partial charge is 0.439 e. The van der Waals surface area contributed by atoms with Crippen LogP contribution in [0.2, 0.25) is 0 Å². The first-order valence-corrected chi connectivity index (χ1v) is 6.61. The van der Waals surface area contributed by atoms with E-state index >= 15 is 0 Å². The van der Waals surface area contributed by atoms with Gasteiger partial charge in [0, 0.05) is 18.3 Å². The molecule has 1 heterocycles. The van der Waals surface area contributed by atoms with Crippen molar-refractivity contribution < 1.29 is 4.74 Å². The molecule has 0 saturated heterocycles. The summed E-state index contributed by atoms with van der Waals surface area (Å²) in [5.74, 6) is 1.47. The van der Waals surface area contributed by atoms with Gasteiger partial charge in [-0.25, -0.2) is 4.98 Å². The van der Waals surface area contributed by atoms with Gasteiger partial charge in [-0.2, -0.15) is 0 Å². The number of rotatable bonds is 5. The highest BCUT2D eigenvalue weighted by molar-refractivity contribution is 5.32. The lowest BCUT2D eigenvalue weighted by atomic mass is 10.2. The highest BCUT2D eigenvalue weighted by Crippen LogP contribution is 2.21. The Labute approximate surface area is 114 Å². The molecule has 0 saturated carbocycles. The normalized spacial score (nSPS) is 10.5. The van der Waals surface area contributed by atoms with Gasteiger partial charge in [0.25, 0.3) is 0 Å². The van der Waals surface area contributed by atoms with Crippen LogP contribution in [0.3, 0.4) is 0 Å². The molecule has 0 aliphatic heterocycles. The minimum atomic E-state index is 0.642. The van der Waals surface area contributed by atoms with Gasteiger partial charge in [-0.15, -0.1) is 0 Å². The van der Waals surface area contributed by atoms with Gasteiger partial charge in [0.05, 0.1) is 0 Å². The van der Waals surface area contributed by atoms with Crippen LogP contribution in [0.15, 0.2) is 36.4 Å². The fraction of sp³-hybridized carbons (Fsp3) is 0.312. The summed E-state index contributed by atoms with van der Waals surface area (Å²) in [5, 5.41) is 3.30. The standard InChI is InChI=1S/C16H20N2O/c1-4-17-11-14-8-9-16(18-13(14)3)19-15-7-5-6-12(2)10-15/h5-10,17H,4,11H2,1-3H3.